The zero-order chi connectivity index (χ0) is 31.9. The summed E-state index contributed by atoms with van der Waals surface area (Å²) in [6, 6.07) is 15.8. The monoisotopic (exact) mass is 649 g/mol. The summed E-state index contributed by atoms with van der Waals surface area (Å²) in [6.07, 6.45) is 3.90. The van der Waals surface area contributed by atoms with E-state index in [-0.39, 0.29) is 34.0 Å². The van der Waals surface area contributed by atoms with Crippen molar-refractivity contribution in [2.24, 2.45) is 5.92 Å². The molecule has 0 radical (unpaired) electrons. The van der Waals surface area contributed by atoms with Gasteiger partial charge in [-0.25, -0.2) is 30.4 Å². The number of esters is 1. The van der Waals surface area contributed by atoms with Gasteiger partial charge in [0.05, 0.1) is 22.7 Å². The van der Waals surface area contributed by atoms with Gasteiger partial charge in [-0.05, 0) is 111 Å². The van der Waals surface area contributed by atoms with Crippen LogP contribution in [-0.4, -0.2) is 73.1 Å². The average Bonchev–Trinajstić information content (AvgIpc) is 2.99. The topological polar surface area (TPSA) is 107 Å². The number of nitrogens with zero attached hydrogens (tertiary/aromatic N) is 1. The van der Waals surface area contributed by atoms with Crippen LogP contribution in [0.4, 0.5) is 8.78 Å². The number of halogens is 2. The number of ether oxygens (including phenoxy) is 2. The molecule has 3 aromatic carbocycles. The first-order valence-corrected chi connectivity index (χ1v) is 17.9. The van der Waals surface area contributed by atoms with E-state index in [9.17, 15) is 30.4 Å². The lowest BCUT2D eigenvalue weighted by molar-refractivity contribution is -0.142. The summed E-state index contributed by atoms with van der Waals surface area (Å²) in [5, 5.41) is 0. The number of benzene rings is 3. The zero-order valence-electron chi connectivity index (χ0n) is 24.7. The van der Waals surface area contributed by atoms with Gasteiger partial charge in [0, 0.05) is 18.2 Å². The number of methoxy groups -OCH3 is 1. The molecule has 12 heteroatoms. The molecule has 0 N–H and O–H groups in total. The Morgan fingerprint density at radius 3 is 2.05 bits per heavy atom. The lowest BCUT2D eigenvalue weighted by Crippen LogP contribution is -2.35. The summed E-state index contributed by atoms with van der Waals surface area (Å²) >= 11 is 0. The standard InChI is InChI=1S/C32H37F2NO7S2/c1-41-32(36)22-42-28-5-9-30(10-6-28)44(39,40)18-14-23-11-15-35(16-12-23)17-13-31(25-19-26(33)21-27(34)20-25)24-3-7-29(8-4-24)43(2,37)38/h3-10,19-21,23,31H,11-18,22H2,1-2H3/t31-/m1/s1. The minimum atomic E-state index is -3.49. The minimum absolute atomic E-state index is 0.0245. The predicted molar refractivity (Wildman–Crippen MR) is 162 cm³/mol. The lowest BCUT2D eigenvalue weighted by atomic mass is 9.87. The first kappa shape index (κ1) is 33.5. The van der Waals surface area contributed by atoms with E-state index in [4.69, 9.17) is 4.74 Å². The van der Waals surface area contributed by atoms with Crippen LogP contribution in [0.1, 0.15) is 42.7 Å². The van der Waals surface area contributed by atoms with Crippen molar-refractivity contribution in [2.45, 2.75) is 41.4 Å². The molecule has 1 heterocycles. The summed E-state index contributed by atoms with van der Waals surface area (Å²) in [6.45, 7) is 1.94. The molecule has 1 atom stereocenters. The Morgan fingerprint density at radius 1 is 0.886 bits per heavy atom. The molecular formula is C32H37F2NO7S2. The Kier molecular flexibility index (Phi) is 11.1. The molecule has 8 nitrogen and oxygen atoms in total. The maximum Gasteiger partial charge on any atom is 0.343 e. The molecule has 44 heavy (non-hydrogen) atoms. The molecule has 0 amide bonds. The fraction of sp³-hybridized carbons (Fsp3) is 0.406. The first-order chi connectivity index (χ1) is 20.8. The second-order valence-electron chi connectivity index (χ2n) is 11.1. The summed E-state index contributed by atoms with van der Waals surface area (Å²) in [5.41, 5.74) is 1.25. The number of likely N-dealkylation sites (tertiary alicyclic amines) is 1. The van der Waals surface area contributed by atoms with Crippen LogP contribution in [0.3, 0.4) is 0 Å². The van der Waals surface area contributed by atoms with Gasteiger partial charge in [-0.3, -0.25) is 0 Å². The summed E-state index contributed by atoms with van der Waals surface area (Å²) in [7, 11) is -5.61. The van der Waals surface area contributed by atoms with Crippen LogP contribution in [0.25, 0.3) is 0 Å². The molecule has 0 spiro atoms. The van der Waals surface area contributed by atoms with Gasteiger partial charge in [0.15, 0.2) is 26.3 Å². The number of carbonyl (C=O) groups is 1. The van der Waals surface area contributed by atoms with Crippen molar-refractivity contribution < 1.29 is 39.9 Å². The summed E-state index contributed by atoms with van der Waals surface area (Å²) in [5.74, 6) is -1.56. The fourth-order valence-electron chi connectivity index (χ4n) is 5.44. The highest BCUT2D eigenvalue weighted by Crippen LogP contribution is 2.32. The number of hydrogen-bond donors (Lipinski definition) is 0. The highest BCUT2D eigenvalue weighted by Gasteiger charge is 2.24. The second kappa shape index (κ2) is 14.6. The highest BCUT2D eigenvalue weighted by molar-refractivity contribution is 7.91. The lowest BCUT2D eigenvalue weighted by Gasteiger charge is -2.33. The highest BCUT2D eigenvalue weighted by atomic mass is 32.2. The summed E-state index contributed by atoms with van der Waals surface area (Å²) in [4.78, 5) is 13.9. The molecular weight excluding hydrogens is 612 g/mol. The molecule has 1 aliphatic rings. The molecule has 238 valence electrons. The van der Waals surface area contributed by atoms with Gasteiger partial charge in [0.1, 0.15) is 17.4 Å². The number of sulfone groups is 2. The number of hydrogen-bond acceptors (Lipinski definition) is 8. The molecule has 1 saturated heterocycles. The number of piperidine rings is 1. The normalized spacial score (nSPS) is 15.5. The third-order valence-corrected chi connectivity index (χ3v) is 10.9. The van der Waals surface area contributed by atoms with E-state index >= 15 is 0 Å². The maximum absolute atomic E-state index is 14.1. The molecule has 0 saturated carbocycles. The molecule has 0 unspecified atom stereocenters. The van der Waals surface area contributed by atoms with Crippen molar-refractivity contribution in [3.63, 3.8) is 0 Å². The van der Waals surface area contributed by atoms with Gasteiger partial charge in [-0.2, -0.15) is 0 Å². The first-order valence-electron chi connectivity index (χ1n) is 14.3. The Morgan fingerprint density at radius 2 is 1.48 bits per heavy atom. The Hall–Kier alpha value is -3.35. The van der Waals surface area contributed by atoms with Crippen LogP contribution < -0.4 is 4.74 Å². The number of carbonyl (C=O) groups excluding carboxylic acids is 1. The van der Waals surface area contributed by atoms with E-state index in [1.807, 2.05) is 0 Å². The van der Waals surface area contributed by atoms with Crippen LogP contribution in [-0.2, 0) is 29.2 Å². The van der Waals surface area contributed by atoms with Gasteiger partial charge >= 0.3 is 5.97 Å². The van der Waals surface area contributed by atoms with E-state index in [2.05, 4.69) is 9.64 Å². The SMILES string of the molecule is COC(=O)COc1ccc(S(=O)(=O)CCC2CCN(CC[C@H](c3ccc(S(C)(=O)=O)cc3)c3cc(F)cc(F)c3)CC2)cc1. The van der Waals surface area contributed by atoms with E-state index in [0.717, 1.165) is 43.8 Å². The van der Waals surface area contributed by atoms with E-state index in [1.165, 1.54) is 55.6 Å². The molecule has 1 aliphatic heterocycles. The molecule has 3 aromatic rings. The smallest absolute Gasteiger partial charge is 0.343 e. The van der Waals surface area contributed by atoms with Crippen molar-refractivity contribution in [1.82, 2.24) is 4.90 Å². The third kappa shape index (κ3) is 9.33. The molecule has 0 bridgehead atoms. The maximum atomic E-state index is 14.1. The van der Waals surface area contributed by atoms with Crippen LogP contribution >= 0.6 is 0 Å². The summed E-state index contributed by atoms with van der Waals surface area (Å²) < 4.78 is 87.7. The second-order valence-corrected chi connectivity index (χ2v) is 15.2. The quantitative estimate of drug-likeness (QED) is 0.238. The van der Waals surface area contributed by atoms with Crippen molar-refractivity contribution >= 4 is 25.6 Å². The predicted octanol–water partition coefficient (Wildman–Crippen LogP) is 5.02. The van der Waals surface area contributed by atoms with Crippen LogP contribution in [0.2, 0.25) is 0 Å². The molecule has 0 aliphatic carbocycles. The molecule has 1 fully saturated rings. The largest absolute Gasteiger partial charge is 0.482 e. The minimum Gasteiger partial charge on any atom is -0.482 e. The van der Waals surface area contributed by atoms with Gasteiger partial charge in [-0.1, -0.05) is 12.1 Å². The van der Waals surface area contributed by atoms with E-state index in [1.54, 1.807) is 12.1 Å². The Labute approximate surface area is 257 Å². The van der Waals surface area contributed by atoms with Crippen molar-refractivity contribution in [2.75, 3.05) is 45.4 Å². The van der Waals surface area contributed by atoms with E-state index in [0.29, 0.717) is 30.7 Å². The Bertz CT molecular complexity index is 1620. The van der Waals surface area contributed by atoms with Gasteiger partial charge in [0.2, 0.25) is 0 Å². The van der Waals surface area contributed by atoms with Crippen molar-refractivity contribution in [1.29, 1.82) is 0 Å². The van der Waals surface area contributed by atoms with Gasteiger partial charge < -0.3 is 14.4 Å². The van der Waals surface area contributed by atoms with Gasteiger partial charge in [0.25, 0.3) is 0 Å². The third-order valence-electron chi connectivity index (χ3n) is 8.00. The fourth-order valence-corrected chi connectivity index (χ4v) is 7.50. The van der Waals surface area contributed by atoms with Gasteiger partial charge in [-0.15, -0.1) is 0 Å². The molecule has 4 rings (SSSR count). The number of rotatable bonds is 13. The van der Waals surface area contributed by atoms with Crippen LogP contribution in [0.15, 0.2) is 76.5 Å². The van der Waals surface area contributed by atoms with E-state index < -0.39 is 37.3 Å². The van der Waals surface area contributed by atoms with Crippen LogP contribution in [0, 0.1) is 17.6 Å². The van der Waals surface area contributed by atoms with Crippen molar-refractivity contribution in [3.8, 4) is 5.75 Å². The Balaban J connectivity index is 1.31. The van der Waals surface area contributed by atoms with Crippen molar-refractivity contribution in [3.05, 3.63) is 89.5 Å². The van der Waals surface area contributed by atoms with Crippen LogP contribution in [0.5, 0.6) is 5.75 Å². The zero-order valence-corrected chi connectivity index (χ0v) is 26.4. The molecule has 0 aromatic heterocycles. The average molecular weight is 650 g/mol.